The molecule has 0 atom stereocenters. The number of fused-ring (bicyclic) bond motifs is 1. The van der Waals surface area contributed by atoms with Crippen LogP contribution in [0.25, 0.3) is 10.9 Å². The highest BCUT2D eigenvalue weighted by atomic mass is 35.5. The first-order valence-electron chi connectivity index (χ1n) is 8.91. The van der Waals surface area contributed by atoms with Crippen LogP contribution >= 0.6 is 11.6 Å². The second-order valence-corrected chi connectivity index (χ2v) is 6.65. The van der Waals surface area contributed by atoms with Gasteiger partial charge in [0.25, 0.3) is 0 Å². The molecule has 0 saturated carbocycles. The topological polar surface area (TPSA) is 73.1 Å². The molecule has 1 aromatic heterocycles. The van der Waals surface area contributed by atoms with E-state index >= 15 is 0 Å². The van der Waals surface area contributed by atoms with Crippen LogP contribution in [0.5, 0.6) is 5.75 Å². The fraction of sp³-hybridized carbons (Fsp3) is 0.238. The summed E-state index contributed by atoms with van der Waals surface area (Å²) in [6.45, 7) is 0.560. The molecule has 144 valence electrons. The minimum atomic E-state index is -0.481. The Balaban J connectivity index is 1.76. The summed E-state index contributed by atoms with van der Waals surface area (Å²) in [5.74, 6) is 3.27. The summed E-state index contributed by atoms with van der Waals surface area (Å²) in [6.07, 6.45) is 10.4. The normalized spacial score (nSPS) is 10.6. The molecule has 0 fully saturated rings. The molecule has 0 radical (unpaired) electrons. The van der Waals surface area contributed by atoms with Gasteiger partial charge >= 0.3 is 0 Å². The smallest absolute Gasteiger partial charge is 0.144 e. The molecule has 1 heterocycles. The van der Waals surface area contributed by atoms with Crippen LogP contribution in [0.15, 0.2) is 36.7 Å². The lowest BCUT2D eigenvalue weighted by Gasteiger charge is -2.12. The van der Waals surface area contributed by atoms with Gasteiger partial charge < -0.3 is 15.8 Å². The maximum absolute atomic E-state index is 13.4. The Kier molecular flexibility index (Phi) is 6.51. The van der Waals surface area contributed by atoms with Gasteiger partial charge in [0.15, 0.2) is 0 Å². The summed E-state index contributed by atoms with van der Waals surface area (Å²) in [6, 6.07) is 7.91. The molecule has 3 aromatic rings. The van der Waals surface area contributed by atoms with E-state index in [1.807, 2.05) is 0 Å². The van der Waals surface area contributed by atoms with Crippen LogP contribution in [-0.4, -0.2) is 16.6 Å². The van der Waals surface area contributed by atoms with E-state index in [9.17, 15) is 4.39 Å². The minimum absolute atomic E-state index is 0.0285. The number of nitrogen functional groups attached to an aromatic ring is 1. The zero-order chi connectivity index (χ0) is 19.9. The summed E-state index contributed by atoms with van der Waals surface area (Å²) in [4.78, 5) is 8.55. The number of rotatable bonds is 8. The molecule has 28 heavy (non-hydrogen) atoms. The summed E-state index contributed by atoms with van der Waals surface area (Å²) in [5, 5.41) is 3.87. The van der Waals surface area contributed by atoms with Gasteiger partial charge in [0.1, 0.15) is 23.7 Å². The van der Waals surface area contributed by atoms with Crippen molar-refractivity contribution in [3.8, 4) is 18.1 Å². The predicted octanol–water partition coefficient (Wildman–Crippen LogP) is 5.32. The number of nitrogens with zero attached hydrogens (tertiary/aromatic N) is 2. The molecule has 2 aromatic carbocycles. The second kappa shape index (κ2) is 9.25. The van der Waals surface area contributed by atoms with E-state index in [1.165, 1.54) is 18.5 Å². The largest absolute Gasteiger partial charge is 0.491 e. The van der Waals surface area contributed by atoms with Crippen LogP contribution in [-0.2, 0) is 0 Å². The first-order valence-corrected chi connectivity index (χ1v) is 9.29. The van der Waals surface area contributed by atoms with E-state index in [2.05, 4.69) is 21.2 Å². The molecule has 0 saturated heterocycles. The van der Waals surface area contributed by atoms with Crippen LogP contribution in [0.2, 0.25) is 5.02 Å². The lowest BCUT2D eigenvalue weighted by atomic mass is 10.2. The predicted molar refractivity (Wildman–Crippen MR) is 111 cm³/mol. The highest BCUT2D eigenvalue weighted by Gasteiger charge is 2.10. The average Bonchev–Trinajstić information content (AvgIpc) is 2.68. The van der Waals surface area contributed by atoms with Crippen molar-refractivity contribution >= 4 is 39.7 Å². The highest BCUT2D eigenvalue weighted by molar-refractivity contribution is 6.31. The molecule has 5 nitrogen and oxygen atoms in total. The Labute approximate surface area is 168 Å². The van der Waals surface area contributed by atoms with Gasteiger partial charge in [-0.3, -0.25) is 0 Å². The summed E-state index contributed by atoms with van der Waals surface area (Å²) < 4.78 is 19.1. The third kappa shape index (κ3) is 4.81. The third-order valence-electron chi connectivity index (χ3n) is 4.17. The molecule has 7 heteroatoms. The summed E-state index contributed by atoms with van der Waals surface area (Å²) in [7, 11) is 0. The van der Waals surface area contributed by atoms with Gasteiger partial charge in [0.2, 0.25) is 0 Å². The molecular formula is C21H20ClFN4O. The van der Waals surface area contributed by atoms with Crippen molar-refractivity contribution in [3.63, 3.8) is 0 Å². The summed E-state index contributed by atoms with van der Waals surface area (Å²) in [5.41, 5.74) is 7.93. The standard InChI is InChI=1S/C21H20ClFN4O/c1-2-3-4-5-6-9-28-20-12-19-15(11-18(20)24)21(26-13-25-19)27-14-7-8-17(23)16(22)10-14/h1,7-8,10-13H,3-6,9,24H2,(H,25,26,27). The number of nitrogens with two attached hydrogens (primary N) is 1. The van der Waals surface area contributed by atoms with Crippen molar-refractivity contribution in [2.75, 3.05) is 17.7 Å². The maximum Gasteiger partial charge on any atom is 0.144 e. The van der Waals surface area contributed by atoms with Crippen molar-refractivity contribution in [2.45, 2.75) is 25.7 Å². The second-order valence-electron chi connectivity index (χ2n) is 6.25. The lowest BCUT2D eigenvalue weighted by molar-refractivity contribution is 0.307. The average molecular weight is 399 g/mol. The van der Waals surface area contributed by atoms with Crippen molar-refractivity contribution in [1.82, 2.24) is 9.97 Å². The molecule has 0 aliphatic carbocycles. The molecule has 3 N–H and O–H groups in total. The summed E-state index contributed by atoms with van der Waals surface area (Å²) >= 11 is 5.84. The van der Waals surface area contributed by atoms with Crippen LogP contribution < -0.4 is 15.8 Å². The van der Waals surface area contributed by atoms with Gasteiger partial charge in [-0.15, -0.1) is 12.3 Å². The number of halogens is 2. The number of unbranched alkanes of at least 4 members (excludes halogenated alkanes) is 3. The molecule has 0 aliphatic rings. The molecule has 3 rings (SSSR count). The number of nitrogens with one attached hydrogen (secondary N) is 1. The van der Waals surface area contributed by atoms with Crippen molar-refractivity contribution in [1.29, 1.82) is 0 Å². The zero-order valence-corrected chi connectivity index (χ0v) is 16.0. The number of terminal acetylenes is 1. The molecule has 0 spiro atoms. The number of hydrogen-bond acceptors (Lipinski definition) is 5. The molecule has 0 aliphatic heterocycles. The first-order chi connectivity index (χ1) is 13.6. The number of benzene rings is 2. The van der Waals surface area contributed by atoms with E-state index in [0.717, 1.165) is 31.1 Å². The monoisotopic (exact) mass is 398 g/mol. The molecule has 0 bridgehead atoms. The van der Waals surface area contributed by atoms with Gasteiger partial charge in [-0.05, 0) is 43.5 Å². The Bertz CT molecular complexity index is 1020. The molecule has 0 amide bonds. The first kappa shape index (κ1) is 19.7. The Hall–Kier alpha value is -3.04. The van der Waals surface area contributed by atoms with E-state index < -0.39 is 5.82 Å². The number of ether oxygens (including phenoxy) is 1. The van der Waals surface area contributed by atoms with Gasteiger partial charge in [-0.2, -0.15) is 0 Å². The van der Waals surface area contributed by atoms with Gasteiger partial charge in [0, 0.05) is 23.6 Å². The lowest BCUT2D eigenvalue weighted by Crippen LogP contribution is -2.02. The van der Waals surface area contributed by atoms with E-state index in [0.29, 0.717) is 35.1 Å². The molecular weight excluding hydrogens is 379 g/mol. The van der Waals surface area contributed by atoms with E-state index in [-0.39, 0.29) is 5.02 Å². The van der Waals surface area contributed by atoms with Gasteiger partial charge in [-0.25, -0.2) is 14.4 Å². The van der Waals surface area contributed by atoms with Gasteiger partial charge in [0.05, 0.1) is 22.8 Å². The molecule has 0 unspecified atom stereocenters. The SMILES string of the molecule is C#CCCCCCOc1cc2ncnc(Nc3ccc(F)c(Cl)c3)c2cc1N. The fourth-order valence-corrected chi connectivity index (χ4v) is 2.90. The minimum Gasteiger partial charge on any atom is -0.491 e. The Morgan fingerprint density at radius 3 is 2.82 bits per heavy atom. The van der Waals surface area contributed by atoms with Crippen LogP contribution in [0.4, 0.5) is 21.6 Å². The van der Waals surface area contributed by atoms with Crippen molar-refractivity contribution < 1.29 is 9.13 Å². The van der Waals surface area contributed by atoms with Crippen LogP contribution in [0.1, 0.15) is 25.7 Å². The fourth-order valence-electron chi connectivity index (χ4n) is 2.72. The quantitative estimate of drug-likeness (QED) is 0.305. The van der Waals surface area contributed by atoms with E-state index in [1.54, 1.807) is 18.2 Å². The van der Waals surface area contributed by atoms with Crippen molar-refractivity contribution in [3.05, 3.63) is 47.5 Å². The highest BCUT2D eigenvalue weighted by Crippen LogP contribution is 2.32. The third-order valence-corrected chi connectivity index (χ3v) is 4.46. The number of anilines is 3. The zero-order valence-electron chi connectivity index (χ0n) is 15.2. The van der Waals surface area contributed by atoms with Crippen LogP contribution in [0.3, 0.4) is 0 Å². The van der Waals surface area contributed by atoms with Crippen molar-refractivity contribution in [2.24, 2.45) is 0 Å². The number of aromatic nitrogens is 2. The van der Waals surface area contributed by atoms with Gasteiger partial charge in [-0.1, -0.05) is 11.6 Å². The number of hydrogen-bond donors (Lipinski definition) is 2. The van der Waals surface area contributed by atoms with Crippen LogP contribution in [0, 0.1) is 18.2 Å². The maximum atomic E-state index is 13.4. The van der Waals surface area contributed by atoms with E-state index in [4.69, 9.17) is 28.5 Å². The Morgan fingerprint density at radius 2 is 2.04 bits per heavy atom. The Morgan fingerprint density at radius 1 is 1.18 bits per heavy atom.